The Labute approximate surface area is 195 Å². The molecule has 0 aliphatic carbocycles. The van der Waals surface area contributed by atoms with Gasteiger partial charge in [-0.1, -0.05) is 56.3 Å². The molecule has 0 bridgehead atoms. The molecule has 0 radical (unpaired) electrons. The van der Waals surface area contributed by atoms with Crippen molar-refractivity contribution in [3.63, 3.8) is 0 Å². The quantitative estimate of drug-likeness (QED) is 0.700. The van der Waals surface area contributed by atoms with Crippen LogP contribution in [0, 0.1) is 17.2 Å². The van der Waals surface area contributed by atoms with Gasteiger partial charge >= 0.3 is 6.09 Å². The predicted octanol–water partition coefficient (Wildman–Crippen LogP) is 3.54. The minimum atomic E-state index is -0.627. The van der Waals surface area contributed by atoms with Crippen LogP contribution in [0.25, 0.3) is 0 Å². The summed E-state index contributed by atoms with van der Waals surface area (Å²) in [6.07, 6.45) is 0.286. The lowest BCUT2D eigenvalue weighted by Crippen LogP contribution is -2.52. The molecular formula is C26H32N4O3. The van der Waals surface area contributed by atoms with Gasteiger partial charge in [0.2, 0.25) is 5.91 Å². The van der Waals surface area contributed by atoms with Gasteiger partial charge in [-0.2, -0.15) is 5.26 Å². The molecule has 1 aliphatic rings. The van der Waals surface area contributed by atoms with Crippen LogP contribution in [-0.4, -0.2) is 54.0 Å². The molecule has 1 aliphatic heterocycles. The van der Waals surface area contributed by atoms with Crippen molar-refractivity contribution < 1.29 is 14.3 Å². The third-order valence-corrected chi connectivity index (χ3v) is 5.81. The number of nitrogens with zero attached hydrogens (tertiary/aromatic N) is 3. The van der Waals surface area contributed by atoms with Gasteiger partial charge in [-0.25, -0.2) is 4.79 Å². The summed E-state index contributed by atoms with van der Waals surface area (Å²) in [5, 5.41) is 11.7. The monoisotopic (exact) mass is 448 g/mol. The number of nitrogens with one attached hydrogen (secondary N) is 1. The number of carbonyl (C=O) groups is 2. The summed E-state index contributed by atoms with van der Waals surface area (Å²) in [5.41, 5.74) is 2.70. The van der Waals surface area contributed by atoms with Crippen LogP contribution in [0.2, 0.25) is 0 Å². The number of benzene rings is 2. The molecule has 1 fully saturated rings. The Hall–Kier alpha value is -3.37. The van der Waals surface area contributed by atoms with E-state index in [2.05, 4.69) is 16.3 Å². The van der Waals surface area contributed by atoms with Gasteiger partial charge in [-0.3, -0.25) is 9.69 Å². The Kier molecular flexibility index (Phi) is 8.85. The first-order valence-electron chi connectivity index (χ1n) is 11.4. The van der Waals surface area contributed by atoms with Crippen LogP contribution in [0.4, 0.5) is 4.79 Å². The molecule has 7 heteroatoms. The van der Waals surface area contributed by atoms with E-state index in [1.807, 2.05) is 73.3 Å². The fourth-order valence-electron chi connectivity index (χ4n) is 3.89. The van der Waals surface area contributed by atoms with Crippen molar-refractivity contribution in [1.82, 2.24) is 15.1 Å². The number of rotatable bonds is 7. The maximum Gasteiger partial charge on any atom is 0.408 e. The lowest BCUT2D eigenvalue weighted by Gasteiger charge is -2.29. The van der Waals surface area contributed by atoms with E-state index < -0.39 is 12.1 Å². The van der Waals surface area contributed by atoms with Crippen LogP contribution in [0.1, 0.15) is 37.0 Å². The molecule has 1 N–H and O–H groups in total. The zero-order valence-electron chi connectivity index (χ0n) is 19.4. The Morgan fingerprint density at radius 1 is 1.00 bits per heavy atom. The van der Waals surface area contributed by atoms with Crippen molar-refractivity contribution in [2.24, 2.45) is 5.92 Å². The molecule has 174 valence electrons. The molecule has 3 rings (SSSR count). The minimum absolute atomic E-state index is 0.0558. The van der Waals surface area contributed by atoms with E-state index in [9.17, 15) is 9.59 Å². The highest BCUT2D eigenvalue weighted by Gasteiger charge is 2.30. The molecule has 2 aromatic carbocycles. The van der Waals surface area contributed by atoms with E-state index in [4.69, 9.17) is 10.00 Å². The smallest absolute Gasteiger partial charge is 0.408 e. The molecule has 0 unspecified atom stereocenters. The Morgan fingerprint density at radius 3 is 2.39 bits per heavy atom. The molecule has 1 heterocycles. The van der Waals surface area contributed by atoms with Crippen molar-refractivity contribution in [2.75, 3.05) is 26.2 Å². The summed E-state index contributed by atoms with van der Waals surface area (Å²) in [4.78, 5) is 29.8. The lowest BCUT2D eigenvalue weighted by molar-refractivity contribution is -0.134. The van der Waals surface area contributed by atoms with Crippen LogP contribution in [-0.2, 0) is 22.7 Å². The van der Waals surface area contributed by atoms with Crippen molar-refractivity contribution >= 4 is 12.0 Å². The van der Waals surface area contributed by atoms with Gasteiger partial charge in [-0.15, -0.1) is 0 Å². The third-order valence-electron chi connectivity index (χ3n) is 5.81. The molecular weight excluding hydrogens is 416 g/mol. The van der Waals surface area contributed by atoms with Gasteiger partial charge in [0.15, 0.2) is 0 Å². The van der Waals surface area contributed by atoms with Gasteiger partial charge < -0.3 is 15.0 Å². The third kappa shape index (κ3) is 7.33. The van der Waals surface area contributed by atoms with E-state index >= 15 is 0 Å². The van der Waals surface area contributed by atoms with Crippen LogP contribution < -0.4 is 5.32 Å². The Balaban J connectivity index is 1.52. The fourth-order valence-corrected chi connectivity index (χ4v) is 3.89. The van der Waals surface area contributed by atoms with Gasteiger partial charge in [0, 0.05) is 32.7 Å². The predicted molar refractivity (Wildman–Crippen MR) is 126 cm³/mol. The molecule has 1 saturated heterocycles. The van der Waals surface area contributed by atoms with Crippen LogP contribution in [0.3, 0.4) is 0 Å². The van der Waals surface area contributed by atoms with Crippen LogP contribution >= 0.6 is 0 Å². The van der Waals surface area contributed by atoms with E-state index in [0.29, 0.717) is 18.7 Å². The van der Waals surface area contributed by atoms with Gasteiger partial charge in [0.05, 0.1) is 11.6 Å². The molecule has 33 heavy (non-hydrogen) atoms. The van der Waals surface area contributed by atoms with E-state index in [1.54, 1.807) is 0 Å². The Morgan fingerprint density at radius 2 is 1.73 bits per heavy atom. The van der Waals surface area contributed by atoms with Crippen molar-refractivity contribution in [3.8, 4) is 6.07 Å². The zero-order chi connectivity index (χ0) is 23.6. The first-order chi connectivity index (χ1) is 16.0. The first-order valence-corrected chi connectivity index (χ1v) is 11.4. The summed E-state index contributed by atoms with van der Waals surface area (Å²) in [6.45, 7) is 7.72. The molecule has 0 aromatic heterocycles. The van der Waals surface area contributed by atoms with Gasteiger partial charge in [-0.05, 0) is 35.6 Å². The second-order valence-electron chi connectivity index (χ2n) is 8.69. The summed E-state index contributed by atoms with van der Waals surface area (Å²) < 4.78 is 5.32. The molecule has 2 amide bonds. The molecule has 1 atom stereocenters. The highest BCUT2D eigenvalue weighted by molar-refractivity contribution is 5.86. The van der Waals surface area contributed by atoms with Crippen molar-refractivity contribution in [3.05, 3.63) is 71.3 Å². The number of alkyl carbamates (subject to hydrolysis) is 1. The Bertz CT molecular complexity index is 954. The SMILES string of the molecule is CC(C)[C@H](NC(=O)OCc1ccccc1)C(=O)N1CCCN(Cc2ccc(C#N)cc2)CC1. The molecule has 2 aromatic rings. The second kappa shape index (κ2) is 12.0. The summed E-state index contributed by atoms with van der Waals surface area (Å²) in [6, 6.07) is 18.6. The molecule has 0 saturated carbocycles. The van der Waals surface area contributed by atoms with E-state index in [-0.39, 0.29) is 18.4 Å². The normalized spacial score (nSPS) is 15.4. The molecule has 7 nitrogen and oxygen atoms in total. The zero-order valence-corrected chi connectivity index (χ0v) is 19.4. The summed E-state index contributed by atoms with van der Waals surface area (Å²) in [5.74, 6) is -0.123. The maximum atomic E-state index is 13.2. The van der Waals surface area contributed by atoms with Crippen molar-refractivity contribution in [2.45, 2.75) is 39.5 Å². The number of ether oxygens (including phenoxy) is 1. The van der Waals surface area contributed by atoms with Crippen molar-refractivity contribution in [1.29, 1.82) is 5.26 Å². The summed E-state index contributed by atoms with van der Waals surface area (Å²) >= 11 is 0. The van der Waals surface area contributed by atoms with Gasteiger partial charge in [0.1, 0.15) is 12.6 Å². The highest BCUT2D eigenvalue weighted by atomic mass is 16.5. The van der Waals surface area contributed by atoms with Gasteiger partial charge in [0.25, 0.3) is 0 Å². The standard InChI is InChI=1S/C26H32N4O3/c1-20(2)24(28-26(32)33-19-23-7-4-3-5-8-23)25(31)30-14-6-13-29(15-16-30)18-22-11-9-21(17-27)10-12-22/h3-5,7-12,20,24H,6,13-16,18-19H2,1-2H3,(H,28,32)/t24-/m0/s1. The van der Waals surface area contributed by atoms with Crippen LogP contribution in [0.5, 0.6) is 0 Å². The molecule has 0 spiro atoms. The average molecular weight is 449 g/mol. The number of carbonyl (C=O) groups excluding carboxylic acids is 2. The average Bonchev–Trinajstić information content (AvgIpc) is 3.07. The number of nitriles is 1. The summed E-state index contributed by atoms with van der Waals surface area (Å²) in [7, 11) is 0. The topological polar surface area (TPSA) is 85.7 Å². The second-order valence-corrected chi connectivity index (χ2v) is 8.69. The largest absolute Gasteiger partial charge is 0.445 e. The first kappa shape index (κ1) is 24.3. The van der Waals surface area contributed by atoms with E-state index in [0.717, 1.165) is 37.2 Å². The minimum Gasteiger partial charge on any atom is -0.445 e. The fraction of sp³-hybridized carbons (Fsp3) is 0.423. The number of amides is 2. The number of hydrogen-bond donors (Lipinski definition) is 1. The maximum absolute atomic E-state index is 13.2. The lowest BCUT2D eigenvalue weighted by atomic mass is 10.0. The highest BCUT2D eigenvalue weighted by Crippen LogP contribution is 2.13. The van der Waals surface area contributed by atoms with Crippen LogP contribution in [0.15, 0.2) is 54.6 Å². The number of hydrogen-bond acceptors (Lipinski definition) is 5. The van der Waals surface area contributed by atoms with E-state index in [1.165, 1.54) is 0 Å².